The Morgan fingerprint density at radius 3 is 2.68 bits per heavy atom. The highest BCUT2D eigenvalue weighted by molar-refractivity contribution is 5.64. The molecule has 0 bridgehead atoms. The number of phenols is 1. The number of aromatic nitrogens is 1. The molecule has 1 saturated carbocycles. The van der Waals surface area contributed by atoms with Gasteiger partial charge in [0.15, 0.2) is 0 Å². The Bertz CT molecular complexity index is 658. The normalized spacial score (nSPS) is 20.8. The molecular weight excluding hydrogens is 238 g/mol. The predicted octanol–water partition coefficient (Wildman–Crippen LogP) is 2.14. The summed E-state index contributed by atoms with van der Waals surface area (Å²) in [6.45, 7) is 0. The zero-order valence-corrected chi connectivity index (χ0v) is 10.2. The van der Waals surface area contributed by atoms with Gasteiger partial charge in [0.25, 0.3) is 0 Å². The van der Waals surface area contributed by atoms with E-state index in [1.807, 2.05) is 24.4 Å². The van der Waals surface area contributed by atoms with Crippen LogP contribution in [0.15, 0.2) is 36.5 Å². The first-order valence-corrected chi connectivity index (χ1v) is 6.13. The molecule has 1 fully saturated rings. The monoisotopic (exact) mass is 251 g/mol. The van der Waals surface area contributed by atoms with E-state index in [1.54, 1.807) is 12.1 Å². The largest absolute Gasteiger partial charge is 0.508 e. The minimum absolute atomic E-state index is 0.0733. The van der Waals surface area contributed by atoms with Crippen LogP contribution < -0.4 is 5.73 Å². The van der Waals surface area contributed by atoms with E-state index in [0.717, 1.165) is 23.2 Å². The number of pyridine rings is 1. The second kappa shape index (κ2) is 4.38. The number of nitrogens with two attached hydrogens (primary N) is 1. The van der Waals surface area contributed by atoms with Crippen LogP contribution in [0, 0.1) is 11.3 Å². The highest BCUT2D eigenvalue weighted by Gasteiger charge is 2.34. The van der Waals surface area contributed by atoms with Crippen LogP contribution in [0.1, 0.15) is 23.5 Å². The average Bonchev–Trinajstić information content (AvgIpc) is 3.15. The summed E-state index contributed by atoms with van der Waals surface area (Å²) < 4.78 is 0. The quantitative estimate of drug-likeness (QED) is 0.856. The minimum atomic E-state index is 0.0733. The van der Waals surface area contributed by atoms with E-state index in [4.69, 9.17) is 11.0 Å². The van der Waals surface area contributed by atoms with Gasteiger partial charge >= 0.3 is 0 Å². The van der Waals surface area contributed by atoms with Crippen molar-refractivity contribution in [2.24, 2.45) is 5.73 Å². The summed E-state index contributed by atoms with van der Waals surface area (Å²) in [7, 11) is 0. The van der Waals surface area contributed by atoms with Gasteiger partial charge in [-0.15, -0.1) is 0 Å². The van der Waals surface area contributed by atoms with Crippen LogP contribution in [0.5, 0.6) is 5.75 Å². The third-order valence-electron chi connectivity index (χ3n) is 3.40. The highest BCUT2D eigenvalue weighted by Crippen LogP contribution is 2.39. The second-order valence-electron chi connectivity index (χ2n) is 4.86. The first-order valence-electron chi connectivity index (χ1n) is 6.13. The lowest BCUT2D eigenvalue weighted by Gasteiger charge is -2.04. The molecule has 0 spiro atoms. The smallest absolute Gasteiger partial charge is 0.117 e. The fourth-order valence-corrected chi connectivity index (χ4v) is 2.22. The van der Waals surface area contributed by atoms with Gasteiger partial charge in [-0.1, -0.05) is 6.07 Å². The maximum absolute atomic E-state index is 9.58. The van der Waals surface area contributed by atoms with Gasteiger partial charge in [-0.3, -0.25) is 4.98 Å². The van der Waals surface area contributed by atoms with E-state index >= 15 is 0 Å². The fraction of sp³-hybridized carbons (Fsp3) is 0.200. The van der Waals surface area contributed by atoms with Crippen molar-refractivity contribution in [3.05, 3.63) is 47.7 Å². The molecule has 0 amide bonds. The van der Waals surface area contributed by atoms with Crippen molar-refractivity contribution in [2.75, 3.05) is 0 Å². The van der Waals surface area contributed by atoms with E-state index in [2.05, 4.69) is 4.98 Å². The molecule has 1 aliphatic carbocycles. The van der Waals surface area contributed by atoms with Gasteiger partial charge in [0.2, 0.25) is 0 Å². The lowest BCUT2D eigenvalue weighted by atomic mass is 10.1. The average molecular weight is 251 g/mol. The summed E-state index contributed by atoms with van der Waals surface area (Å²) in [5, 5.41) is 18.5. The standard InChI is InChI=1S/C15H13N3O/c16-7-9-3-11(5-12(19)4-9)15-2-1-10(8-18-15)13-6-14(13)17/h1-5,8,13-14,19H,6,17H2. The summed E-state index contributed by atoms with van der Waals surface area (Å²) in [5.74, 6) is 0.504. The summed E-state index contributed by atoms with van der Waals surface area (Å²) >= 11 is 0. The molecule has 1 aromatic carbocycles. The Hall–Kier alpha value is -2.38. The molecule has 2 atom stereocenters. The van der Waals surface area contributed by atoms with Gasteiger partial charge < -0.3 is 10.8 Å². The first-order chi connectivity index (χ1) is 9.17. The summed E-state index contributed by atoms with van der Waals surface area (Å²) in [6.07, 6.45) is 2.84. The van der Waals surface area contributed by atoms with Crippen molar-refractivity contribution in [1.29, 1.82) is 5.26 Å². The maximum Gasteiger partial charge on any atom is 0.117 e. The van der Waals surface area contributed by atoms with Gasteiger partial charge in [0.1, 0.15) is 5.75 Å². The van der Waals surface area contributed by atoms with Crippen LogP contribution in [-0.4, -0.2) is 16.1 Å². The summed E-state index contributed by atoms with van der Waals surface area (Å²) in [5.41, 5.74) is 8.86. The van der Waals surface area contributed by atoms with Crippen LogP contribution in [0.4, 0.5) is 0 Å². The number of hydrogen-bond acceptors (Lipinski definition) is 4. The van der Waals surface area contributed by atoms with E-state index in [9.17, 15) is 5.11 Å². The Morgan fingerprint density at radius 1 is 1.32 bits per heavy atom. The van der Waals surface area contributed by atoms with Crippen LogP contribution in [-0.2, 0) is 0 Å². The van der Waals surface area contributed by atoms with E-state index in [-0.39, 0.29) is 11.8 Å². The molecule has 1 aliphatic rings. The number of hydrogen-bond donors (Lipinski definition) is 2. The summed E-state index contributed by atoms with van der Waals surface area (Å²) in [4.78, 5) is 4.39. The van der Waals surface area contributed by atoms with Gasteiger partial charge in [0, 0.05) is 23.7 Å². The Balaban J connectivity index is 1.94. The zero-order valence-electron chi connectivity index (χ0n) is 10.2. The van der Waals surface area contributed by atoms with Gasteiger partial charge in [0.05, 0.1) is 17.3 Å². The number of rotatable bonds is 2. The number of benzene rings is 1. The number of nitrogens with zero attached hydrogens (tertiary/aromatic N) is 2. The molecule has 4 heteroatoms. The fourth-order valence-electron chi connectivity index (χ4n) is 2.22. The SMILES string of the molecule is N#Cc1cc(O)cc(-c2ccc(C3CC3N)cn2)c1. The topological polar surface area (TPSA) is 82.9 Å². The van der Waals surface area contributed by atoms with E-state index in [1.165, 1.54) is 6.07 Å². The van der Waals surface area contributed by atoms with Crippen molar-refractivity contribution in [2.45, 2.75) is 18.4 Å². The molecule has 19 heavy (non-hydrogen) atoms. The molecule has 3 N–H and O–H groups in total. The zero-order chi connectivity index (χ0) is 13.4. The number of aromatic hydroxyl groups is 1. The third-order valence-corrected chi connectivity index (χ3v) is 3.40. The molecule has 0 aliphatic heterocycles. The molecule has 1 aromatic heterocycles. The Kier molecular flexibility index (Phi) is 2.69. The lowest BCUT2D eigenvalue weighted by Crippen LogP contribution is -2.01. The van der Waals surface area contributed by atoms with Crippen molar-refractivity contribution in [1.82, 2.24) is 4.98 Å². The molecule has 4 nitrogen and oxygen atoms in total. The van der Waals surface area contributed by atoms with Gasteiger partial charge in [-0.25, -0.2) is 0 Å². The van der Waals surface area contributed by atoms with E-state index < -0.39 is 0 Å². The van der Waals surface area contributed by atoms with Crippen LogP contribution in [0.3, 0.4) is 0 Å². The molecule has 94 valence electrons. The van der Waals surface area contributed by atoms with Crippen molar-refractivity contribution >= 4 is 0 Å². The third kappa shape index (κ3) is 2.28. The first kappa shape index (κ1) is 11.7. The van der Waals surface area contributed by atoms with Gasteiger partial charge in [-0.2, -0.15) is 5.26 Å². The van der Waals surface area contributed by atoms with Crippen molar-refractivity contribution in [3.63, 3.8) is 0 Å². The lowest BCUT2D eigenvalue weighted by molar-refractivity contribution is 0.475. The molecule has 1 heterocycles. The number of phenolic OH excluding ortho intramolecular Hbond substituents is 1. The Morgan fingerprint density at radius 2 is 2.11 bits per heavy atom. The van der Waals surface area contributed by atoms with Gasteiger partial charge in [-0.05, 0) is 36.2 Å². The van der Waals surface area contributed by atoms with E-state index in [0.29, 0.717) is 11.5 Å². The minimum Gasteiger partial charge on any atom is -0.508 e. The predicted molar refractivity (Wildman–Crippen MR) is 71.4 cm³/mol. The van der Waals surface area contributed by atoms with Crippen LogP contribution in [0.25, 0.3) is 11.3 Å². The molecule has 2 aromatic rings. The summed E-state index contributed by atoms with van der Waals surface area (Å²) in [6, 6.07) is 10.9. The molecular formula is C15H13N3O. The molecule has 3 rings (SSSR count). The van der Waals surface area contributed by atoms with Crippen molar-refractivity contribution < 1.29 is 5.11 Å². The van der Waals surface area contributed by atoms with Crippen LogP contribution in [0.2, 0.25) is 0 Å². The highest BCUT2D eigenvalue weighted by atomic mass is 16.3. The number of nitriles is 1. The molecule has 2 unspecified atom stereocenters. The Labute approximate surface area is 111 Å². The van der Waals surface area contributed by atoms with Crippen molar-refractivity contribution in [3.8, 4) is 23.1 Å². The van der Waals surface area contributed by atoms with Crippen LogP contribution >= 0.6 is 0 Å². The molecule has 0 saturated heterocycles. The maximum atomic E-state index is 9.58. The second-order valence-corrected chi connectivity index (χ2v) is 4.86. The molecule has 0 radical (unpaired) electrons.